The predicted molar refractivity (Wildman–Crippen MR) is 121 cm³/mol. The van der Waals surface area contributed by atoms with Crippen molar-refractivity contribution < 1.29 is 31.8 Å². The fourth-order valence-electron chi connectivity index (χ4n) is 4.29. The number of rotatable bonds is 4. The van der Waals surface area contributed by atoms with Crippen LogP contribution in [0.1, 0.15) is 18.4 Å². The molecule has 2 aromatic carbocycles. The van der Waals surface area contributed by atoms with Crippen molar-refractivity contribution in [3.05, 3.63) is 59.8 Å². The molecule has 0 spiro atoms. The predicted octanol–water partition coefficient (Wildman–Crippen LogP) is 5.08. The van der Waals surface area contributed by atoms with Crippen LogP contribution in [0.2, 0.25) is 0 Å². The molecule has 1 aliphatic heterocycles. The van der Waals surface area contributed by atoms with Crippen molar-refractivity contribution in [2.45, 2.75) is 25.1 Å². The molecule has 7 nitrogen and oxygen atoms in total. The number of phenolic OH excluding ortho intramolecular Hbond substituents is 1. The van der Waals surface area contributed by atoms with Crippen LogP contribution in [0.5, 0.6) is 11.5 Å². The van der Waals surface area contributed by atoms with Crippen molar-refractivity contribution in [1.82, 2.24) is 19.7 Å². The number of aromatic hydroxyl groups is 1. The maximum absolute atomic E-state index is 14.7. The number of ether oxygens (including phenoxy) is 1. The van der Waals surface area contributed by atoms with Gasteiger partial charge in [0, 0.05) is 25.4 Å². The second-order valence-corrected chi connectivity index (χ2v) is 8.47. The number of piperidine rings is 1. The fourth-order valence-corrected chi connectivity index (χ4v) is 4.29. The molecule has 1 aliphatic rings. The molecule has 0 radical (unpaired) electrons. The molecule has 1 saturated heterocycles. The monoisotopic (exact) mass is 505 g/mol. The van der Waals surface area contributed by atoms with Crippen molar-refractivity contribution in [3.8, 4) is 22.8 Å². The third-order valence-corrected chi connectivity index (χ3v) is 6.01. The highest BCUT2D eigenvalue weighted by molar-refractivity contribution is 5.91. The van der Waals surface area contributed by atoms with E-state index in [0.29, 0.717) is 19.0 Å². The quantitative estimate of drug-likeness (QED) is 0.390. The highest BCUT2D eigenvalue weighted by Gasteiger charge is 2.38. The number of phenols is 1. The smallest absolute Gasteiger partial charge is 0.419 e. The van der Waals surface area contributed by atoms with E-state index in [-0.39, 0.29) is 28.9 Å². The lowest BCUT2D eigenvalue weighted by atomic mass is 10.0. The second-order valence-electron chi connectivity index (χ2n) is 8.47. The number of hydrogen-bond acceptors (Lipinski definition) is 6. The normalized spacial score (nSPS) is 16.5. The topological polar surface area (TPSA) is 76.3 Å². The van der Waals surface area contributed by atoms with Gasteiger partial charge in [-0.3, -0.25) is 0 Å². The zero-order valence-corrected chi connectivity index (χ0v) is 18.9. The van der Waals surface area contributed by atoms with Crippen molar-refractivity contribution in [2.24, 2.45) is 7.05 Å². The van der Waals surface area contributed by atoms with Crippen LogP contribution in [0.3, 0.4) is 0 Å². The van der Waals surface area contributed by atoms with E-state index < -0.39 is 34.7 Å². The van der Waals surface area contributed by atoms with Crippen molar-refractivity contribution >= 4 is 17.0 Å². The Kier molecular flexibility index (Phi) is 5.89. The molecule has 5 rings (SSSR count). The number of para-hydroxylation sites is 1. The molecule has 36 heavy (non-hydrogen) atoms. The van der Waals surface area contributed by atoms with Gasteiger partial charge in [0.1, 0.15) is 17.5 Å². The average Bonchev–Trinajstić information content (AvgIpc) is 3.18. The molecule has 1 atom stereocenters. The van der Waals surface area contributed by atoms with Crippen LogP contribution in [0, 0.1) is 11.6 Å². The molecule has 0 amide bonds. The van der Waals surface area contributed by atoms with Gasteiger partial charge in [-0.05, 0) is 31.0 Å². The van der Waals surface area contributed by atoms with Crippen LogP contribution in [-0.2, 0) is 13.2 Å². The van der Waals surface area contributed by atoms with Crippen LogP contribution < -0.4 is 9.64 Å². The standard InChI is InChI=1S/C24H20F5N5O2/c1-33-22-16(20(32-33)15-10-17(24(27,28)29)19(26)21(35)18(15)25)11-30-23(31-22)34-9-5-8-14(12-34)36-13-6-3-2-4-7-13/h2-4,6-7,10-11,14,35H,5,8-9,12H2,1H3. The number of fused-ring (bicyclic) bond motifs is 1. The summed E-state index contributed by atoms with van der Waals surface area (Å²) in [5, 5.41) is 13.9. The van der Waals surface area contributed by atoms with Crippen LogP contribution >= 0.6 is 0 Å². The summed E-state index contributed by atoms with van der Waals surface area (Å²) in [4.78, 5) is 10.8. The van der Waals surface area contributed by atoms with Gasteiger partial charge in [-0.25, -0.2) is 18.4 Å². The Morgan fingerprint density at radius 3 is 2.58 bits per heavy atom. The summed E-state index contributed by atoms with van der Waals surface area (Å²) in [5.41, 5.74) is -2.53. The van der Waals surface area contributed by atoms with Gasteiger partial charge in [0.05, 0.1) is 17.5 Å². The van der Waals surface area contributed by atoms with Gasteiger partial charge in [-0.1, -0.05) is 18.2 Å². The molecule has 3 heterocycles. The van der Waals surface area contributed by atoms with E-state index in [1.165, 1.54) is 17.9 Å². The van der Waals surface area contributed by atoms with Crippen molar-refractivity contribution in [2.75, 3.05) is 18.0 Å². The SMILES string of the molecule is Cn1nc(-c2cc(C(F)(F)F)c(F)c(O)c2F)c2cnc(N3CCCC(Oc4ccccc4)C3)nc21. The van der Waals surface area contributed by atoms with E-state index >= 15 is 0 Å². The van der Waals surface area contributed by atoms with Gasteiger partial charge in [0.2, 0.25) is 5.95 Å². The number of anilines is 1. The van der Waals surface area contributed by atoms with Gasteiger partial charge in [-0.2, -0.15) is 23.3 Å². The highest BCUT2D eigenvalue weighted by Crippen LogP contribution is 2.41. The molecule has 12 heteroatoms. The molecule has 1 unspecified atom stereocenters. The van der Waals surface area contributed by atoms with Gasteiger partial charge in [-0.15, -0.1) is 0 Å². The minimum absolute atomic E-state index is 0.0976. The first-order chi connectivity index (χ1) is 17.1. The van der Waals surface area contributed by atoms with Crippen LogP contribution in [0.25, 0.3) is 22.3 Å². The molecule has 0 aliphatic carbocycles. The summed E-state index contributed by atoms with van der Waals surface area (Å²) < 4.78 is 75.7. The molecule has 0 bridgehead atoms. The minimum Gasteiger partial charge on any atom is -0.503 e. The number of benzene rings is 2. The summed E-state index contributed by atoms with van der Waals surface area (Å²) in [6.45, 7) is 1.18. The molecule has 0 saturated carbocycles. The Hall–Kier alpha value is -3.96. The first-order valence-corrected chi connectivity index (χ1v) is 11.1. The van der Waals surface area contributed by atoms with E-state index in [1.807, 2.05) is 35.2 Å². The van der Waals surface area contributed by atoms with Crippen LogP contribution in [-0.4, -0.2) is 44.0 Å². The van der Waals surface area contributed by atoms with E-state index in [4.69, 9.17) is 4.74 Å². The molecule has 1 fully saturated rings. The number of halogens is 5. The Balaban J connectivity index is 1.49. The Morgan fingerprint density at radius 1 is 1.11 bits per heavy atom. The Labute approximate surface area is 201 Å². The molecular formula is C24H20F5N5O2. The second kappa shape index (κ2) is 8.92. The first kappa shape index (κ1) is 23.8. The number of alkyl halides is 3. The zero-order chi connectivity index (χ0) is 25.6. The molecular weight excluding hydrogens is 485 g/mol. The van der Waals surface area contributed by atoms with Gasteiger partial charge in [0.25, 0.3) is 0 Å². The summed E-state index contributed by atoms with van der Waals surface area (Å²) >= 11 is 0. The Morgan fingerprint density at radius 2 is 1.86 bits per heavy atom. The number of aromatic nitrogens is 4. The lowest BCUT2D eigenvalue weighted by Crippen LogP contribution is -2.42. The average molecular weight is 505 g/mol. The maximum Gasteiger partial charge on any atom is 0.419 e. The van der Waals surface area contributed by atoms with Gasteiger partial charge < -0.3 is 14.7 Å². The largest absolute Gasteiger partial charge is 0.503 e. The van der Waals surface area contributed by atoms with E-state index in [9.17, 15) is 27.1 Å². The molecule has 4 aromatic rings. The maximum atomic E-state index is 14.7. The summed E-state index contributed by atoms with van der Waals surface area (Å²) in [5.74, 6) is -4.26. The number of hydrogen-bond donors (Lipinski definition) is 1. The summed E-state index contributed by atoms with van der Waals surface area (Å²) in [7, 11) is 1.49. The zero-order valence-electron chi connectivity index (χ0n) is 18.9. The van der Waals surface area contributed by atoms with E-state index in [2.05, 4.69) is 15.1 Å². The van der Waals surface area contributed by atoms with Crippen LogP contribution in [0.15, 0.2) is 42.6 Å². The van der Waals surface area contributed by atoms with E-state index in [0.717, 1.165) is 18.6 Å². The van der Waals surface area contributed by atoms with Crippen LogP contribution in [0.4, 0.5) is 27.9 Å². The lowest BCUT2D eigenvalue weighted by Gasteiger charge is -2.32. The summed E-state index contributed by atoms with van der Waals surface area (Å²) in [6, 6.07) is 9.69. The highest BCUT2D eigenvalue weighted by atomic mass is 19.4. The van der Waals surface area contributed by atoms with Gasteiger partial charge >= 0.3 is 6.18 Å². The van der Waals surface area contributed by atoms with Crippen molar-refractivity contribution in [1.29, 1.82) is 0 Å². The third-order valence-electron chi connectivity index (χ3n) is 6.01. The number of nitrogens with zero attached hydrogens (tertiary/aromatic N) is 5. The Bertz CT molecular complexity index is 1420. The molecule has 2 aromatic heterocycles. The molecule has 188 valence electrons. The number of aryl methyl sites for hydroxylation is 1. The summed E-state index contributed by atoms with van der Waals surface area (Å²) in [6.07, 6.45) is -2.24. The third kappa shape index (κ3) is 4.27. The van der Waals surface area contributed by atoms with E-state index in [1.54, 1.807) is 0 Å². The lowest BCUT2D eigenvalue weighted by molar-refractivity contribution is -0.140. The van der Waals surface area contributed by atoms with Crippen molar-refractivity contribution in [3.63, 3.8) is 0 Å². The minimum atomic E-state index is -5.15. The first-order valence-electron chi connectivity index (χ1n) is 11.1. The molecule has 1 N–H and O–H groups in total. The fraction of sp³-hybridized carbons (Fsp3) is 0.292. The van der Waals surface area contributed by atoms with Gasteiger partial charge in [0.15, 0.2) is 23.0 Å².